The molecule has 2 unspecified atom stereocenters. The molecule has 1 amide bonds. The zero-order chi connectivity index (χ0) is 13.3. The van der Waals surface area contributed by atoms with E-state index in [0.717, 1.165) is 24.5 Å². The van der Waals surface area contributed by atoms with Gasteiger partial charge in [0.15, 0.2) is 0 Å². The molecule has 3 aliphatic rings. The van der Waals surface area contributed by atoms with Crippen LogP contribution in [0.25, 0.3) is 0 Å². The van der Waals surface area contributed by atoms with Crippen molar-refractivity contribution in [3.05, 3.63) is 0 Å². The lowest BCUT2D eigenvalue weighted by Crippen LogP contribution is -2.55. The van der Waals surface area contributed by atoms with Crippen LogP contribution in [0.5, 0.6) is 0 Å². The zero-order valence-corrected chi connectivity index (χ0v) is 12.3. The number of amides is 1. The molecule has 5 heteroatoms. The van der Waals surface area contributed by atoms with E-state index in [1.807, 2.05) is 11.8 Å². The van der Waals surface area contributed by atoms with E-state index in [1.54, 1.807) is 0 Å². The summed E-state index contributed by atoms with van der Waals surface area (Å²) in [6.45, 7) is 2.28. The van der Waals surface area contributed by atoms with E-state index >= 15 is 0 Å². The molecule has 0 aromatic carbocycles. The molecular weight excluding hydrogens is 260 g/mol. The third kappa shape index (κ3) is 2.78. The summed E-state index contributed by atoms with van der Waals surface area (Å²) in [5.74, 6) is 1.67. The van der Waals surface area contributed by atoms with Crippen LogP contribution in [0, 0.1) is 0 Å². The van der Waals surface area contributed by atoms with Gasteiger partial charge in [-0.2, -0.15) is 11.8 Å². The first-order chi connectivity index (χ1) is 9.19. The fourth-order valence-electron chi connectivity index (χ4n) is 3.65. The highest BCUT2D eigenvalue weighted by Crippen LogP contribution is 2.30. The molecule has 19 heavy (non-hydrogen) atoms. The number of nitrogens with one attached hydrogen (secondary N) is 1. The fraction of sp³-hybridized carbons (Fsp3) is 0.929. The summed E-state index contributed by atoms with van der Waals surface area (Å²) in [5.41, 5.74) is -1.10. The number of fused-ring (bicyclic) bond motifs is 1. The number of hydrogen-bond acceptors (Lipinski definition) is 4. The van der Waals surface area contributed by atoms with Crippen LogP contribution in [0.2, 0.25) is 0 Å². The molecule has 2 N–H and O–H groups in total. The van der Waals surface area contributed by atoms with Crippen LogP contribution in [0.3, 0.4) is 0 Å². The number of carbonyl (C=O) groups is 1. The average molecular weight is 284 g/mol. The van der Waals surface area contributed by atoms with Crippen molar-refractivity contribution in [2.75, 3.05) is 24.6 Å². The molecule has 0 bridgehead atoms. The van der Waals surface area contributed by atoms with Crippen molar-refractivity contribution in [1.82, 2.24) is 10.2 Å². The highest BCUT2D eigenvalue weighted by atomic mass is 32.2. The van der Waals surface area contributed by atoms with Crippen molar-refractivity contribution in [2.45, 2.75) is 56.2 Å². The van der Waals surface area contributed by atoms with Gasteiger partial charge in [-0.25, -0.2) is 0 Å². The predicted octanol–water partition coefficient (Wildman–Crippen LogP) is 0.987. The van der Waals surface area contributed by atoms with Gasteiger partial charge in [-0.3, -0.25) is 9.69 Å². The van der Waals surface area contributed by atoms with E-state index in [-0.39, 0.29) is 11.9 Å². The van der Waals surface area contributed by atoms with Crippen molar-refractivity contribution in [1.29, 1.82) is 0 Å². The summed E-state index contributed by atoms with van der Waals surface area (Å²) in [6, 6.07) is 0.769. The molecule has 0 saturated carbocycles. The van der Waals surface area contributed by atoms with E-state index in [4.69, 9.17) is 0 Å². The molecule has 0 radical (unpaired) electrons. The molecule has 4 nitrogen and oxygen atoms in total. The van der Waals surface area contributed by atoms with Crippen LogP contribution >= 0.6 is 11.8 Å². The van der Waals surface area contributed by atoms with E-state index in [2.05, 4.69) is 10.2 Å². The van der Waals surface area contributed by atoms with Crippen molar-refractivity contribution >= 4 is 17.7 Å². The monoisotopic (exact) mass is 284 g/mol. The lowest BCUT2D eigenvalue weighted by molar-refractivity contribution is -0.141. The minimum atomic E-state index is -1.10. The van der Waals surface area contributed by atoms with E-state index in [9.17, 15) is 9.90 Å². The van der Waals surface area contributed by atoms with Gasteiger partial charge in [0.05, 0.1) is 0 Å². The minimum Gasteiger partial charge on any atom is -0.380 e. The first-order valence-corrected chi connectivity index (χ1v) is 8.70. The third-order valence-corrected chi connectivity index (χ3v) is 5.90. The van der Waals surface area contributed by atoms with Gasteiger partial charge in [0.1, 0.15) is 5.60 Å². The Morgan fingerprint density at radius 3 is 2.79 bits per heavy atom. The van der Waals surface area contributed by atoms with Gasteiger partial charge < -0.3 is 10.4 Å². The van der Waals surface area contributed by atoms with Crippen molar-refractivity contribution in [3.63, 3.8) is 0 Å². The first kappa shape index (κ1) is 13.7. The molecular formula is C14H24N2O2S. The number of carbonyl (C=O) groups excluding carboxylic acids is 1. The molecule has 3 rings (SSSR count). The van der Waals surface area contributed by atoms with Crippen LogP contribution in [0.1, 0.15) is 38.5 Å². The maximum atomic E-state index is 12.4. The number of thioether (sulfide) groups is 1. The highest BCUT2D eigenvalue weighted by Gasteiger charge is 2.42. The summed E-state index contributed by atoms with van der Waals surface area (Å²) >= 11 is 1.83. The Morgan fingerprint density at radius 2 is 2.00 bits per heavy atom. The number of rotatable bonds is 2. The molecule has 108 valence electrons. The second-order valence-electron chi connectivity index (χ2n) is 6.11. The van der Waals surface area contributed by atoms with Crippen molar-refractivity contribution in [2.24, 2.45) is 0 Å². The maximum Gasteiger partial charge on any atom is 0.252 e. The smallest absolute Gasteiger partial charge is 0.252 e. The summed E-state index contributed by atoms with van der Waals surface area (Å²) in [6.07, 6.45) is 6.00. The Morgan fingerprint density at radius 1 is 1.21 bits per heavy atom. The molecule has 0 aromatic rings. The van der Waals surface area contributed by atoms with Gasteiger partial charge in [0.2, 0.25) is 0 Å². The summed E-state index contributed by atoms with van der Waals surface area (Å²) in [4.78, 5) is 14.9. The topological polar surface area (TPSA) is 52.6 Å². The van der Waals surface area contributed by atoms with Gasteiger partial charge >= 0.3 is 0 Å². The number of nitrogens with zero attached hydrogens (tertiary/aromatic N) is 1. The van der Waals surface area contributed by atoms with Crippen LogP contribution in [-0.2, 0) is 4.79 Å². The summed E-state index contributed by atoms with van der Waals surface area (Å²) in [5, 5.41) is 13.6. The summed E-state index contributed by atoms with van der Waals surface area (Å²) in [7, 11) is 0. The predicted molar refractivity (Wildman–Crippen MR) is 77.3 cm³/mol. The van der Waals surface area contributed by atoms with Crippen LogP contribution in [0.15, 0.2) is 0 Å². The first-order valence-electron chi connectivity index (χ1n) is 7.54. The zero-order valence-electron chi connectivity index (χ0n) is 11.4. The lowest BCUT2D eigenvalue weighted by Gasteiger charge is -2.35. The standard InChI is InChI=1S/C14H24N2O2S/c17-13(14(18)5-9-19-10-6-14)15-11-4-8-16-7-2-1-3-12(11)16/h11-12,18H,1-10H2,(H,15,17). The van der Waals surface area contributed by atoms with Gasteiger partial charge in [0.25, 0.3) is 5.91 Å². The number of piperidine rings is 1. The van der Waals surface area contributed by atoms with Crippen LogP contribution < -0.4 is 5.32 Å². The van der Waals surface area contributed by atoms with Crippen molar-refractivity contribution < 1.29 is 9.90 Å². The number of aliphatic hydroxyl groups is 1. The minimum absolute atomic E-state index is 0.120. The van der Waals surface area contributed by atoms with Gasteiger partial charge in [-0.05, 0) is 50.2 Å². The normalized spacial score (nSPS) is 34.8. The van der Waals surface area contributed by atoms with Gasteiger partial charge in [-0.1, -0.05) is 6.42 Å². The number of hydrogen-bond donors (Lipinski definition) is 2. The van der Waals surface area contributed by atoms with Crippen molar-refractivity contribution in [3.8, 4) is 0 Å². The molecule has 2 atom stereocenters. The Hall–Kier alpha value is -0.260. The largest absolute Gasteiger partial charge is 0.380 e. The Balaban J connectivity index is 1.60. The molecule has 0 aromatic heterocycles. The fourth-order valence-corrected chi connectivity index (χ4v) is 4.82. The van der Waals surface area contributed by atoms with Gasteiger partial charge in [-0.15, -0.1) is 0 Å². The van der Waals surface area contributed by atoms with Crippen LogP contribution in [0.4, 0.5) is 0 Å². The maximum absolute atomic E-state index is 12.4. The van der Waals surface area contributed by atoms with E-state index in [1.165, 1.54) is 25.8 Å². The SMILES string of the molecule is O=C(NC1CCN2CCCCC12)C1(O)CCSCC1. The second-order valence-corrected chi connectivity index (χ2v) is 7.34. The van der Waals surface area contributed by atoms with Crippen LogP contribution in [-0.4, -0.2) is 58.2 Å². The van der Waals surface area contributed by atoms with Gasteiger partial charge in [0, 0.05) is 18.6 Å². The lowest BCUT2D eigenvalue weighted by atomic mass is 9.93. The average Bonchev–Trinajstić information content (AvgIpc) is 2.83. The Labute approximate surface area is 119 Å². The molecule has 3 fully saturated rings. The Bertz CT molecular complexity index is 344. The molecule has 3 saturated heterocycles. The molecule has 0 spiro atoms. The quantitative estimate of drug-likeness (QED) is 0.794. The molecule has 3 heterocycles. The molecule has 3 aliphatic heterocycles. The third-order valence-electron chi connectivity index (χ3n) is 4.92. The highest BCUT2D eigenvalue weighted by molar-refractivity contribution is 7.99. The Kier molecular flexibility index (Phi) is 4.06. The van der Waals surface area contributed by atoms with E-state index < -0.39 is 5.60 Å². The summed E-state index contributed by atoms with van der Waals surface area (Å²) < 4.78 is 0. The molecule has 0 aliphatic carbocycles. The second kappa shape index (κ2) is 5.62. The van der Waals surface area contributed by atoms with E-state index in [0.29, 0.717) is 18.9 Å².